The van der Waals surface area contributed by atoms with Gasteiger partial charge in [0.1, 0.15) is 12.4 Å². The average Bonchev–Trinajstić information content (AvgIpc) is 2.52. The number of alkyl halides is 3. The van der Waals surface area contributed by atoms with Crippen LogP contribution < -0.4 is 10.1 Å². The zero-order valence-electron chi connectivity index (χ0n) is 11.9. The highest BCUT2D eigenvalue weighted by Gasteiger charge is 2.34. The Hall–Kier alpha value is -2.01. The molecule has 116 valence electrons. The molecule has 0 bridgehead atoms. The van der Waals surface area contributed by atoms with Crippen LogP contribution in [0.5, 0.6) is 5.75 Å². The fourth-order valence-corrected chi connectivity index (χ4v) is 2.66. The third kappa shape index (κ3) is 3.25. The Morgan fingerprint density at radius 2 is 1.68 bits per heavy atom. The first-order valence-corrected chi connectivity index (χ1v) is 7.13. The largest absolute Gasteiger partial charge is 0.491 e. The molecule has 1 atom stereocenters. The number of ether oxygens (including phenoxy) is 1. The van der Waals surface area contributed by atoms with Crippen LogP contribution in [0.3, 0.4) is 0 Å². The van der Waals surface area contributed by atoms with E-state index in [0.717, 1.165) is 12.5 Å². The van der Waals surface area contributed by atoms with E-state index in [4.69, 9.17) is 4.74 Å². The van der Waals surface area contributed by atoms with Gasteiger partial charge in [0.2, 0.25) is 0 Å². The molecule has 5 heteroatoms. The molecule has 2 aromatic carbocycles. The first kappa shape index (κ1) is 14.9. The molecule has 1 aliphatic rings. The Balaban J connectivity index is 1.67. The summed E-state index contributed by atoms with van der Waals surface area (Å²) in [5, 5.41) is 3.30. The van der Waals surface area contributed by atoms with Crippen LogP contribution in [0.1, 0.15) is 16.7 Å². The molecule has 1 aliphatic heterocycles. The Kier molecular flexibility index (Phi) is 4.07. The minimum absolute atomic E-state index is 0.0104. The molecule has 2 nitrogen and oxygen atoms in total. The second-order valence-corrected chi connectivity index (χ2v) is 5.36. The van der Waals surface area contributed by atoms with Crippen molar-refractivity contribution in [2.24, 2.45) is 0 Å². The lowest BCUT2D eigenvalue weighted by Crippen LogP contribution is -2.40. The molecule has 0 aromatic heterocycles. The molecular formula is C17H16F3NO. The van der Waals surface area contributed by atoms with Gasteiger partial charge in [-0.3, -0.25) is 0 Å². The van der Waals surface area contributed by atoms with E-state index in [2.05, 4.69) is 11.4 Å². The first-order chi connectivity index (χ1) is 10.5. The lowest BCUT2D eigenvalue weighted by atomic mass is 9.96. The van der Waals surface area contributed by atoms with Crippen LogP contribution in [-0.4, -0.2) is 12.6 Å². The van der Waals surface area contributed by atoms with E-state index in [1.165, 1.54) is 23.3 Å². The summed E-state index contributed by atoms with van der Waals surface area (Å²) in [6, 6.07) is 13.4. The lowest BCUT2D eigenvalue weighted by Gasteiger charge is -2.26. The van der Waals surface area contributed by atoms with Gasteiger partial charge in [0.15, 0.2) is 0 Å². The highest BCUT2D eigenvalue weighted by atomic mass is 19.4. The van der Waals surface area contributed by atoms with E-state index in [-0.39, 0.29) is 18.4 Å². The van der Waals surface area contributed by atoms with Gasteiger partial charge >= 0.3 is 6.18 Å². The predicted molar refractivity (Wildman–Crippen MR) is 77.7 cm³/mol. The van der Waals surface area contributed by atoms with Crippen molar-refractivity contribution >= 4 is 0 Å². The molecule has 0 aliphatic carbocycles. The third-order valence-electron chi connectivity index (χ3n) is 3.80. The number of halogens is 3. The van der Waals surface area contributed by atoms with Gasteiger partial charge in [-0.05, 0) is 29.7 Å². The highest BCUT2D eigenvalue weighted by molar-refractivity contribution is 5.36. The van der Waals surface area contributed by atoms with Gasteiger partial charge in [0.25, 0.3) is 0 Å². The van der Waals surface area contributed by atoms with E-state index in [1.807, 2.05) is 18.2 Å². The van der Waals surface area contributed by atoms with Gasteiger partial charge in [-0.15, -0.1) is 0 Å². The third-order valence-corrected chi connectivity index (χ3v) is 3.80. The molecule has 1 heterocycles. The molecule has 3 rings (SSSR count). The fourth-order valence-electron chi connectivity index (χ4n) is 2.66. The van der Waals surface area contributed by atoms with Crippen LogP contribution in [0.2, 0.25) is 0 Å². The average molecular weight is 307 g/mol. The van der Waals surface area contributed by atoms with Crippen molar-refractivity contribution in [1.29, 1.82) is 0 Å². The number of benzene rings is 2. The Labute approximate surface area is 126 Å². The topological polar surface area (TPSA) is 21.3 Å². The zero-order valence-corrected chi connectivity index (χ0v) is 11.9. The number of para-hydroxylation sites is 1. The van der Waals surface area contributed by atoms with Crippen molar-refractivity contribution in [3.8, 4) is 5.75 Å². The van der Waals surface area contributed by atoms with Crippen molar-refractivity contribution in [2.45, 2.75) is 25.2 Å². The summed E-state index contributed by atoms with van der Waals surface area (Å²) in [7, 11) is 0. The molecule has 0 radical (unpaired) electrons. The molecular weight excluding hydrogens is 291 g/mol. The number of hydrogen-bond donors (Lipinski definition) is 1. The summed E-state index contributed by atoms with van der Waals surface area (Å²) in [6.45, 7) is 0.923. The predicted octanol–water partition coefficient (Wildman–Crippen LogP) is 3.80. The van der Waals surface area contributed by atoms with Gasteiger partial charge in [0, 0.05) is 12.6 Å². The number of hydrogen-bond acceptors (Lipinski definition) is 2. The van der Waals surface area contributed by atoms with Crippen LogP contribution in [-0.2, 0) is 19.1 Å². The summed E-state index contributed by atoms with van der Waals surface area (Å²) in [4.78, 5) is 0. The van der Waals surface area contributed by atoms with Crippen LogP contribution in [0, 0.1) is 0 Å². The molecule has 0 spiro atoms. The monoisotopic (exact) mass is 307 g/mol. The van der Waals surface area contributed by atoms with Gasteiger partial charge in [0.05, 0.1) is 5.56 Å². The van der Waals surface area contributed by atoms with Crippen molar-refractivity contribution in [3.63, 3.8) is 0 Å². The van der Waals surface area contributed by atoms with Gasteiger partial charge in [-0.2, -0.15) is 13.2 Å². The Bertz CT molecular complexity index is 654. The van der Waals surface area contributed by atoms with Gasteiger partial charge < -0.3 is 10.1 Å². The van der Waals surface area contributed by atoms with Crippen LogP contribution in [0.4, 0.5) is 13.2 Å². The lowest BCUT2D eigenvalue weighted by molar-refractivity contribution is -0.139. The first-order valence-electron chi connectivity index (χ1n) is 7.13. The Morgan fingerprint density at radius 1 is 1.00 bits per heavy atom. The second kappa shape index (κ2) is 6.01. The van der Waals surface area contributed by atoms with E-state index < -0.39 is 11.7 Å². The maximum Gasteiger partial charge on any atom is 0.419 e. The smallest absolute Gasteiger partial charge is 0.419 e. The fraction of sp³-hybridized carbons (Fsp3) is 0.294. The molecule has 22 heavy (non-hydrogen) atoms. The van der Waals surface area contributed by atoms with Crippen LogP contribution in [0.25, 0.3) is 0 Å². The number of rotatable bonds is 3. The van der Waals surface area contributed by atoms with E-state index in [0.29, 0.717) is 6.54 Å². The quantitative estimate of drug-likeness (QED) is 0.931. The van der Waals surface area contributed by atoms with Gasteiger partial charge in [-0.25, -0.2) is 0 Å². The molecule has 1 N–H and O–H groups in total. The molecule has 0 amide bonds. The number of fused-ring (bicyclic) bond motifs is 1. The van der Waals surface area contributed by atoms with E-state index in [1.54, 1.807) is 6.07 Å². The standard InChI is InChI=1S/C17H16F3NO/c18-17(19,20)15-7-3-4-8-16(15)22-11-14-9-12-5-1-2-6-13(12)10-21-14/h1-8,14,21H,9-11H2. The summed E-state index contributed by atoms with van der Waals surface area (Å²) in [5.74, 6) is -0.115. The van der Waals surface area contributed by atoms with E-state index in [9.17, 15) is 13.2 Å². The summed E-state index contributed by atoms with van der Waals surface area (Å²) in [5.41, 5.74) is 1.72. The minimum Gasteiger partial charge on any atom is -0.491 e. The normalized spacial score (nSPS) is 17.9. The Morgan fingerprint density at radius 3 is 2.45 bits per heavy atom. The van der Waals surface area contributed by atoms with Crippen molar-refractivity contribution in [3.05, 3.63) is 65.2 Å². The minimum atomic E-state index is -4.40. The molecule has 0 fully saturated rings. The van der Waals surface area contributed by atoms with Crippen molar-refractivity contribution in [2.75, 3.05) is 6.61 Å². The van der Waals surface area contributed by atoms with E-state index >= 15 is 0 Å². The molecule has 2 aromatic rings. The second-order valence-electron chi connectivity index (χ2n) is 5.36. The summed E-state index contributed by atoms with van der Waals surface area (Å²) in [6.07, 6.45) is -3.65. The molecule has 0 saturated carbocycles. The molecule has 1 unspecified atom stereocenters. The number of nitrogens with one attached hydrogen (secondary N) is 1. The SMILES string of the molecule is FC(F)(F)c1ccccc1OCC1Cc2ccccc2CN1. The van der Waals surface area contributed by atoms with Crippen molar-refractivity contribution in [1.82, 2.24) is 5.32 Å². The van der Waals surface area contributed by atoms with Crippen LogP contribution in [0.15, 0.2) is 48.5 Å². The maximum atomic E-state index is 12.9. The van der Waals surface area contributed by atoms with Crippen molar-refractivity contribution < 1.29 is 17.9 Å². The zero-order chi connectivity index (χ0) is 15.6. The van der Waals surface area contributed by atoms with Crippen LogP contribution >= 0.6 is 0 Å². The summed E-state index contributed by atoms with van der Waals surface area (Å²) < 4.78 is 44.2. The summed E-state index contributed by atoms with van der Waals surface area (Å²) >= 11 is 0. The maximum absolute atomic E-state index is 12.9. The molecule has 0 saturated heterocycles. The van der Waals surface area contributed by atoms with Gasteiger partial charge in [-0.1, -0.05) is 36.4 Å². The highest BCUT2D eigenvalue weighted by Crippen LogP contribution is 2.36.